The summed E-state index contributed by atoms with van der Waals surface area (Å²) >= 11 is 0. The number of nitrogens with zero attached hydrogens (tertiary/aromatic N) is 1. The summed E-state index contributed by atoms with van der Waals surface area (Å²) in [6, 6.07) is 6.33. The summed E-state index contributed by atoms with van der Waals surface area (Å²) in [6.45, 7) is 2.96. The summed E-state index contributed by atoms with van der Waals surface area (Å²) < 4.78 is 12.7. The molecule has 1 N–H and O–H groups in total. The molecule has 0 bridgehead atoms. The predicted octanol–water partition coefficient (Wildman–Crippen LogP) is 1.83. The fourth-order valence-electron chi connectivity index (χ4n) is 2.45. The number of likely N-dealkylation sites (tertiary alicyclic amines) is 1. The van der Waals surface area contributed by atoms with Crippen molar-refractivity contribution >= 4 is 5.91 Å². The molecule has 1 fully saturated rings. The Hall–Kier alpha value is -1.42. The third-order valence-corrected chi connectivity index (χ3v) is 3.63. The third-order valence-electron chi connectivity index (χ3n) is 3.63. The molecule has 2 rings (SSSR count). The second-order valence-electron chi connectivity index (χ2n) is 5.35. The Morgan fingerprint density at radius 2 is 2.16 bits per heavy atom. The highest BCUT2D eigenvalue weighted by Crippen LogP contribution is 2.13. The number of rotatable bonds is 5. The van der Waals surface area contributed by atoms with E-state index in [0.717, 1.165) is 31.6 Å². The molecule has 1 aliphatic rings. The van der Waals surface area contributed by atoms with Crippen LogP contribution >= 0.6 is 0 Å². The first-order valence-corrected chi connectivity index (χ1v) is 6.83. The zero-order valence-corrected chi connectivity index (χ0v) is 11.4. The molecule has 1 aliphatic heterocycles. The largest absolute Gasteiger partial charge is 0.356 e. The number of hydrogen-bond acceptors (Lipinski definition) is 2. The molecule has 1 heterocycles. The highest BCUT2D eigenvalue weighted by atomic mass is 19.1. The van der Waals surface area contributed by atoms with E-state index in [2.05, 4.69) is 17.3 Å². The van der Waals surface area contributed by atoms with E-state index in [1.54, 1.807) is 12.1 Å². The standard InChI is InChI=1S/C15H21FN2O/c1-18-9-8-13(11-18)10-17-15(19)7-4-12-2-5-14(16)6-3-12/h2-3,5-6,13H,4,7-11H2,1H3,(H,17,19). The number of hydrogen-bond donors (Lipinski definition) is 1. The lowest BCUT2D eigenvalue weighted by Crippen LogP contribution is -2.30. The van der Waals surface area contributed by atoms with Crippen molar-refractivity contribution in [2.75, 3.05) is 26.7 Å². The first-order chi connectivity index (χ1) is 9.13. The van der Waals surface area contributed by atoms with Crippen LogP contribution in [0.1, 0.15) is 18.4 Å². The summed E-state index contributed by atoms with van der Waals surface area (Å²) in [4.78, 5) is 14.0. The molecule has 0 spiro atoms. The topological polar surface area (TPSA) is 32.3 Å². The van der Waals surface area contributed by atoms with Gasteiger partial charge in [-0.25, -0.2) is 4.39 Å². The molecule has 4 heteroatoms. The monoisotopic (exact) mass is 264 g/mol. The molecule has 1 amide bonds. The molecule has 1 aromatic rings. The van der Waals surface area contributed by atoms with E-state index in [1.165, 1.54) is 12.1 Å². The zero-order valence-electron chi connectivity index (χ0n) is 11.4. The minimum Gasteiger partial charge on any atom is -0.356 e. The number of amides is 1. The Bertz CT molecular complexity index is 419. The normalized spacial score (nSPS) is 19.6. The fourth-order valence-corrected chi connectivity index (χ4v) is 2.45. The maximum absolute atomic E-state index is 12.7. The van der Waals surface area contributed by atoms with Crippen molar-refractivity contribution in [2.45, 2.75) is 19.3 Å². The van der Waals surface area contributed by atoms with Crippen LogP contribution in [0.3, 0.4) is 0 Å². The van der Waals surface area contributed by atoms with Crippen LogP contribution in [-0.2, 0) is 11.2 Å². The van der Waals surface area contributed by atoms with Crippen molar-refractivity contribution in [3.63, 3.8) is 0 Å². The molecule has 0 saturated carbocycles. The molecule has 104 valence electrons. The van der Waals surface area contributed by atoms with Gasteiger partial charge in [0.15, 0.2) is 0 Å². The van der Waals surface area contributed by atoms with Gasteiger partial charge >= 0.3 is 0 Å². The minimum atomic E-state index is -0.237. The van der Waals surface area contributed by atoms with Crippen LogP contribution < -0.4 is 5.32 Å². The molecule has 1 aromatic carbocycles. The lowest BCUT2D eigenvalue weighted by molar-refractivity contribution is -0.121. The first-order valence-electron chi connectivity index (χ1n) is 6.83. The van der Waals surface area contributed by atoms with Gasteiger partial charge in [-0.3, -0.25) is 4.79 Å². The average Bonchev–Trinajstić information content (AvgIpc) is 2.81. The Morgan fingerprint density at radius 3 is 2.79 bits per heavy atom. The molecule has 0 radical (unpaired) electrons. The van der Waals surface area contributed by atoms with Crippen molar-refractivity contribution in [3.05, 3.63) is 35.6 Å². The van der Waals surface area contributed by atoms with Gasteiger partial charge in [0.05, 0.1) is 0 Å². The van der Waals surface area contributed by atoms with Crippen LogP contribution in [0, 0.1) is 11.7 Å². The van der Waals surface area contributed by atoms with Gasteiger partial charge in [0.1, 0.15) is 5.82 Å². The highest BCUT2D eigenvalue weighted by Gasteiger charge is 2.19. The molecular formula is C15H21FN2O. The maximum Gasteiger partial charge on any atom is 0.220 e. The second-order valence-corrected chi connectivity index (χ2v) is 5.35. The molecule has 19 heavy (non-hydrogen) atoms. The Morgan fingerprint density at radius 1 is 1.42 bits per heavy atom. The Labute approximate surface area is 113 Å². The van der Waals surface area contributed by atoms with Crippen molar-refractivity contribution < 1.29 is 9.18 Å². The van der Waals surface area contributed by atoms with E-state index in [-0.39, 0.29) is 11.7 Å². The van der Waals surface area contributed by atoms with Gasteiger partial charge in [-0.2, -0.15) is 0 Å². The number of aryl methyl sites for hydroxylation is 1. The van der Waals surface area contributed by atoms with E-state index in [0.29, 0.717) is 18.8 Å². The van der Waals surface area contributed by atoms with Crippen molar-refractivity contribution in [1.29, 1.82) is 0 Å². The molecule has 3 nitrogen and oxygen atoms in total. The van der Waals surface area contributed by atoms with Gasteiger partial charge in [-0.15, -0.1) is 0 Å². The number of halogens is 1. The molecule has 1 atom stereocenters. The molecular weight excluding hydrogens is 243 g/mol. The molecule has 1 saturated heterocycles. The first kappa shape index (κ1) is 14.0. The van der Waals surface area contributed by atoms with E-state index in [1.807, 2.05) is 0 Å². The van der Waals surface area contributed by atoms with Crippen molar-refractivity contribution in [1.82, 2.24) is 10.2 Å². The lowest BCUT2D eigenvalue weighted by atomic mass is 10.1. The maximum atomic E-state index is 12.7. The van der Waals surface area contributed by atoms with Gasteiger partial charge in [0.2, 0.25) is 5.91 Å². The van der Waals surface area contributed by atoms with E-state index >= 15 is 0 Å². The van der Waals surface area contributed by atoms with Crippen LogP contribution in [0.4, 0.5) is 4.39 Å². The van der Waals surface area contributed by atoms with Gasteiger partial charge < -0.3 is 10.2 Å². The smallest absolute Gasteiger partial charge is 0.220 e. The predicted molar refractivity (Wildman–Crippen MR) is 73.3 cm³/mol. The van der Waals surface area contributed by atoms with Crippen LogP contribution in [0.15, 0.2) is 24.3 Å². The van der Waals surface area contributed by atoms with Crippen LogP contribution in [0.2, 0.25) is 0 Å². The number of carbonyl (C=O) groups excluding carboxylic acids is 1. The van der Waals surface area contributed by atoms with Crippen LogP contribution in [0.5, 0.6) is 0 Å². The van der Waals surface area contributed by atoms with E-state index in [9.17, 15) is 9.18 Å². The van der Waals surface area contributed by atoms with E-state index in [4.69, 9.17) is 0 Å². The number of carbonyl (C=O) groups is 1. The number of benzene rings is 1. The summed E-state index contributed by atoms with van der Waals surface area (Å²) in [6.07, 6.45) is 2.29. The SMILES string of the molecule is CN1CCC(CNC(=O)CCc2ccc(F)cc2)C1. The number of nitrogens with one attached hydrogen (secondary N) is 1. The summed E-state index contributed by atoms with van der Waals surface area (Å²) in [7, 11) is 2.11. The zero-order chi connectivity index (χ0) is 13.7. The quantitative estimate of drug-likeness (QED) is 0.880. The Kier molecular flexibility index (Phi) is 4.91. The second kappa shape index (κ2) is 6.66. The van der Waals surface area contributed by atoms with Crippen LogP contribution in [0.25, 0.3) is 0 Å². The average molecular weight is 264 g/mol. The lowest BCUT2D eigenvalue weighted by Gasteiger charge is -2.11. The molecule has 0 aliphatic carbocycles. The van der Waals surface area contributed by atoms with E-state index < -0.39 is 0 Å². The third kappa shape index (κ3) is 4.63. The van der Waals surface area contributed by atoms with Gasteiger partial charge in [0.25, 0.3) is 0 Å². The van der Waals surface area contributed by atoms with Gasteiger partial charge in [0, 0.05) is 19.5 Å². The van der Waals surface area contributed by atoms with Crippen molar-refractivity contribution in [2.24, 2.45) is 5.92 Å². The molecule has 0 aromatic heterocycles. The summed E-state index contributed by atoms with van der Waals surface area (Å²) in [5, 5.41) is 2.99. The minimum absolute atomic E-state index is 0.0823. The highest BCUT2D eigenvalue weighted by molar-refractivity contribution is 5.76. The fraction of sp³-hybridized carbons (Fsp3) is 0.533. The summed E-state index contributed by atoms with van der Waals surface area (Å²) in [5.41, 5.74) is 0.997. The Balaban J connectivity index is 1.65. The summed E-state index contributed by atoms with van der Waals surface area (Å²) in [5.74, 6) is 0.428. The van der Waals surface area contributed by atoms with Gasteiger partial charge in [-0.05, 0) is 50.0 Å². The van der Waals surface area contributed by atoms with Crippen LogP contribution in [-0.4, -0.2) is 37.5 Å². The van der Waals surface area contributed by atoms with Crippen molar-refractivity contribution in [3.8, 4) is 0 Å². The van der Waals surface area contributed by atoms with Gasteiger partial charge in [-0.1, -0.05) is 12.1 Å². The molecule has 1 unspecified atom stereocenters.